The first kappa shape index (κ1) is 27.6. The van der Waals surface area contributed by atoms with E-state index >= 15 is 0 Å². The summed E-state index contributed by atoms with van der Waals surface area (Å²) in [5.74, 6) is -1.02. The highest BCUT2D eigenvalue weighted by Gasteiger charge is 2.35. The Bertz CT molecular complexity index is 1490. The summed E-state index contributed by atoms with van der Waals surface area (Å²) in [6, 6.07) is 12.3. The summed E-state index contributed by atoms with van der Waals surface area (Å²) in [5.41, 5.74) is 2.33. The van der Waals surface area contributed by atoms with E-state index in [1.807, 2.05) is 48.4 Å². The summed E-state index contributed by atoms with van der Waals surface area (Å²) in [4.78, 5) is 17.7. The number of likely N-dealkylation sites (tertiary alicyclic amines) is 1. The number of halogens is 3. The Morgan fingerprint density at radius 2 is 1.85 bits per heavy atom. The first-order valence-electron chi connectivity index (χ1n) is 13.3. The van der Waals surface area contributed by atoms with Crippen LogP contribution in [0.3, 0.4) is 0 Å². The molecule has 0 radical (unpaired) electrons. The summed E-state index contributed by atoms with van der Waals surface area (Å²) in [5, 5.41) is 17.8. The van der Waals surface area contributed by atoms with Crippen molar-refractivity contribution in [3.05, 3.63) is 65.4 Å². The van der Waals surface area contributed by atoms with Crippen molar-refractivity contribution in [1.29, 1.82) is 0 Å². The second-order valence-electron chi connectivity index (χ2n) is 10.1. The van der Waals surface area contributed by atoms with E-state index in [9.17, 15) is 23.1 Å². The minimum Gasteiger partial charge on any atom is -0.481 e. The second-order valence-corrected chi connectivity index (χ2v) is 10.1. The zero-order valence-corrected chi connectivity index (χ0v) is 22.3. The van der Waals surface area contributed by atoms with Crippen LogP contribution in [-0.4, -0.2) is 55.5 Å². The van der Waals surface area contributed by atoms with Gasteiger partial charge in [0.2, 0.25) is 5.82 Å². The third-order valence-corrected chi connectivity index (χ3v) is 7.45. The molecule has 0 spiro atoms. The van der Waals surface area contributed by atoms with Gasteiger partial charge in [0.25, 0.3) is 5.89 Å². The topological polar surface area (TPSA) is 97.3 Å². The van der Waals surface area contributed by atoms with Crippen molar-refractivity contribution in [2.45, 2.75) is 45.8 Å². The number of piperidine rings is 1. The highest BCUT2D eigenvalue weighted by molar-refractivity contribution is 5.77. The van der Waals surface area contributed by atoms with Crippen LogP contribution in [0.1, 0.15) is 36.5 Å². The first-order chi connectivity index (χ1) is 19.1. The van der Waals surface area contributed by atoms with Gasteiger partial charge in [-0.1, -0.05) is 35.5 Å². The molecule has 1 aliphatic rings. The highest BCUT2D eigenvalue weighted by Crippen LogP contribution is 2.38. The zero-order chi connectivity index (χ0) is 28.4. The number of benzene rings is 2. The lowest BCUT2D eigenvalue weighted by Crippen LogP contribution is -2.37. The molecule has 8 nitrogen and oxygen atoms in total. The predicted molar refractivity (Wildman–Crippen MR) is 142 cm³/mol. The quantitative estimate of drug-likeness (QED) is 0.288. The van der Waals surface area contributed by atoms with Crippen molar-refractivity contribution in [2.75, 3.05) is 19.6 Å². The lowest BCUT2D eigenvalue weighted by atomic mass is 9.93. The first-order valence-corrected chi connectivity index (χ1v) is 13.3. The van der Waals surface area contributed by atoms with Crippen LogP contribution < -0.4 is 0 Å². The average molecular weight is 554 g/mol. The molecule has 1 N–H and O–H groups in total. The standard InChI is InChI=1S/C29H30F3N5O3/c1-3-37-17-23(19-7-5-4-6-8-19)25(34-37)27-33-26(35-40-27)21-15-18(2)22(24(16-21)29(30,31)32)11-14-36-12-9-20(10-13-36)28(38)39/h4-8,15-17,20H,3,9-14H2,1-2H3,(H,38,39). The second kappa shape index (κ2) is 11.2. The summed E-state index contributed by atoms with van der Waals surface area (Å²) >= 11 is 0. The van der Waals surface area contributed by atoms with Gasteiger partial charge in [0.05, 0.1) is 11.5 Å². The predicted octanol–water partition coefficient (Wildman–Crippen LogP) is 5.95. The number of hydrogen-bond acceptors (Lipinski definition) is 6. The molecule has 0 saturated carbocycles. The Labute approximate surface area is 229 Å². The van der Waals surface area contributed by atoms with Gasteiger partial charge in [-0.15, -0.1) is 0 Å². The molecule has 210 valence electrons. The lowest BCUT2D eigenvalue weighted by molar-refractivity contribution is -0.143. The number of aryl methyl sites for hydroxylation is 2. The van der Waals surface area contributed by atoms with Gasteiger partial charge in [-0.05, 0) is 75.0 Å². The van der Waals surface area contributed by atoms with E-state index in [0.29, 0.717) is 50.3 Å². The Morgan fingerprint density at radius 1 is 1.12 bits per heavy atom. The SMILES string of the molecule is CCn1cc(-c2ccccc2)c(-c2nc(-c3cc(C)c(CCN4CCC(C(=O)O)CC4)c(C(F)(F)F)c3)no2)n1. The molecule has 0 aliphatic carbocycles. The van der Waals surface area contributed by atoms with Gasteiger partial charge < -0.3 is 14.5 Å². The van der Waals surface area contributed by atoms with Crippen molar-refractivity contribution in [3.8, 4) is 34.1 Å². The number of aromatic nitrogens is 4. The molecule has 40 heavy (non-hydrogen) atoms. The van der Waals surface area contributed by atoms with Gasteiger partial charge in [-0.3, -0.25) is 9.48 Å². The number of rotatable bonds is 8. The lowest BCUT2D eigenvalue weighted by Gasteiger charge is -2.30. The number of carboxylic acids is 1. The zero-order valence-electron chi connectivity index (χ0n) is 22.3. The van der Waals surface area contributed by atoms with Crippen LogP contribution in [0.25, 0.3) is 34.1 Å². The van der Waals surface area contributed by atoms with Gasteiger partial charge >= 0.3 is 12.1 Å². The molecule has 5 rings (SSSR count). The largest absolute Gasteiger partial charge is 0.481 e. The van der Waals surface area contributed by atoms with Gasteiger partial charge in [0.1, 0.15) is 0 Å². The van der Waals surface area contributed by atoms with Gasteiger partial charge in [-0.25, -0.2) is 0 Å². The molecule has 1 saturated heterocycles. The van der Waals surface area contributed by atoms with Crippen LogP contribution in [-0.2, 0) is 23.9 Å². The molecule has 1 fully saturated rings. The molecule has 0 unspecified atom stereocenters. The van der Waals surface area contributed by atoms with Crippen LogP contribution in [0, 0.1) is 12.8 Å². The summed E-state index contributed by atoms with van der Waals surface area (Å²) < 4.78 is 49.9. The van der Waals surface area contributed by atoms with Crippen molar-refractivity contribution in [1.82, 2.24) is 24.8 Å². The number of carboxylic acid groups (broad SMARTS) is 1. The minimum atomic E-state index is -4.57. The van der Waals surface area contributed by atoms with Crippen LogP contribution in [0.4, 0.5) is 13.2 Å². The Hall–Kier alpha value is -3.99. The van der Waals surface area contributed by atoms with E-state index in [1.165, 1.54) is 0 Å². The summed E-state index contributed by atoms with van der Waals surface area (Å²) in [6.45, 7) is 5.76. The van der Waals surface area contributed by atoms with Gasteiger partial charge in [0, 0.05) is 30.4 Å². The summed E-state index contributed by atoms with van der Waals surface area (Å²) in [7, 11) is 0. The number of aliphatic carboxylic acids is 1. The molecule has 1 aliphatic heterocycles. The van der Waals surface area contributed by atoms with Crippen LogP contribution in [0.5, 0.6) is 0 Å². The van der Waals surface area contributed by atoms with Crippen LogP contribution in [0.2, 0.25) is 0 Å². The molecule has 4 aromatic rings. The Morgan fingerprint density at radius 3 is 2.50 bits per heavy atom. The Balaban J connectivity index is 1.42. The van der Waals surface area contributed by atoms with Crippen molar-refractivity contribution in [2.24, 2.45) is 5.92 Å². The van der Waals surface area contributed by atoms with Crippen molar-refractivity contribution >= 4 is 5.97 Å². The minimum absolute atomic E-state index is 0.0518. The van der Waals surface area contributed by atoms with E-state index in [0.717, 1.165) is 17.2 Å². The molecule has 0 atom stereocenters. The number of hydrogen-bond donors (Lipinski definition) is 1. The smallest absolute Gasteiger partial charge is 0.416 e. The van der Waals surface area contributed by atoms with E-state index in [2.05, 4.69) is 15.2 Å². The highest BCUT2D eigenvalue weighted by atomic mass is 19.4. The molecule has 0 bridgehead atoms. The maximum Gasteiger partial charge on any atom is 0.416 e. The molecule has 0 amide bonds. The number of alkyl halides is 3. The van der Waals surface area contributed by atoms with Gasteiger partial charge in [0.15, 0.2) is 5.69 Å². The van der Waals surface area contributed by atoms with E-state index < -0.39 is 17.7 Å². The fourth-order valence-corrected chi connectivity index (χ4v) is 5.21. The normalized spacial score (nSPS) is 15.0. The number of nitrogens with zero attached hydrogens (tertiary/aromatic N) is 5. The van der Waals surface area contributed by atoms with Crippen molar-refractivity contribution in [3.63, 3.8) is 0 Å². The molecule has 2 aromatic carbocycles. The Kier molecular flexibility index (Phi) is 7.75. The summed E-state index contributed by atoms with van der Waals surface area (Å²) in [6.07, 6.45) is -1.49. The maximum atomic E-state index is 14.2. The van der Waals surface area contributed by atoms with E-state index in [-0.39, 0.29) is 35.2 Å². The molecular formula is C29H30F3N5O3. The number of carbonyl (C=O) groups is 1. The van der Waals surface area contributed by atoms with Gasteiger partial charge in [-0.2, -0.15) is 23.3 Å². The van der Waals surface area contributed by atoms with Crippen molar-refractivity contribution < 1.29 is 27.6 Å². The molecule has 11 heteroatoms. The molecular weight excluding hydrogens is 523 g/mol. The monoisotopic (exact) mass is 553 g/mol. The third-order valence-electron chi connectivity index (χ3n) is 7.45. The van der Waals surface area contributed by atoms with E-state index in [1.54, 1.807) is 17.7 Å². The average Bonchev–Trinajstić information content (AvgIpc) is 3.60. The fourth-order valence-electron chi connectivity index (χ4n) is 5.21. The molecule has 3 heterocycles. The maximum absolute atomic E-state index is 14.2. The van der Waals surface area contributed by atoms with E-state index in [4.69, 9.17) is 4.52 Å². The third kappa shape index (κ3) is 5.79. The fraction of sp³-hybridized carbons (Fsp3) is 0.379. The molecule has 2 aromatic heterocycles. The van der Waals surface area contributed by atoms with Crippen LogP contribution in [0.15, 0.2) is 53.2 Å². The van der Waals surface area contributed by atoms with Crippen LogP contribution >= 0.6 is 0 Å².